The second-order valence-electron chi connectivity index (χ2n) is 5.64. The molecule has 1 unspecified atom stereocenters. The molecule has 1 aromatic heterocycles. The van der Waals surface area contributed by atoms with Gasteiger partial charge >= 0.3 is 0 Å². The van der Waals surface area contributed by atoms with Crippen molar-refractivity contribution in [1.82, 2.24) is 9.78 Å². The van der Waals surface area contributed by atoms with Gasteiger partial charge in [-0.25, -0.2) is 0 Å². The fourth-order valence-electron chi connectivity index (χ4n) is 2.65. The predicted octanol–water partition coefficient (Wildman–Crippen LogP) is 1.77. The minimum absolute atomic E-state index is 0.228. The monoisotopic (exact) mass is 238 g/mol. The molecule has 1 N–H and O–H groups in total. The molecule has 2 rings (SSSR count). The van der Waals surface area contributed by atoms with Crippen LogP contribution >= 0.6 is 0 Å². The Bertz CT molecular complexity index is 387. The van der Waals surface area contributed by atoms with Gasteiger partial charge in [0, 0.05) is 25.6 Å². The first-order valence-electron chi connectivity index (χ1n) is 6.30. The van der Waals surface area contributed by atoms with E-state index in [1.54, 1.807) is 0 Å². The Morgan fingerprint density at radius 3 is 2.88 bits per heavy atom. The maximum atomic E-state index is 10.6. The van der Waals surface area contributed by atoms with Crippen molar-refractivity contribution in [3.8, 4) is 0 Å². The van der Waals surface area contributed by atoms with Crippen LogP contribution in [0.2, 0.25) is 0 Å². The van der Waals surface area contributed by atoms with Crippen molar-refractivity contribution in [2.45, 2.75) is 57.8 Å². The number of ether oxygens (including phenoxy) is 1. The Labute approximate surface area is 103 Å². The van der Waals surface area contributed by atoms with Gasteiger partial charge in [-0.05, 0) is 32.8 Å². The van der Waals surface area contributed by atoms with Crippen LogP contribution in [0.1, 0.15) is 39.2 Å². The quantitative estimate of drug-likeness (QED) is 0.873. The molecule has 1 aliphatic rings. The summed E-state index contributed by atoms with van der Waals surface area (Å²) in [5.74, 6) is 0. The highest BCUT2D eigenvalue weighted by Gasteiger charge is 2.39. The predicted molar refractivity (Wildman–Crippen MR) is 65.8 cm³/mol. The summed E-state index contributed by atoms with van der Waals surface area (Å²) in [6, 6.07) is 0. The van der Waals surface area contributed by atoms with Gasteiger partial charge in [0.1, 0.15) is 0 Å². The van der Waals surface area contributed by atoms with Gasteiger partial charge in [0.05, 0.1) is 24.0 Å². The number of aliphatic hydroxyl groups is 1. The molecule has 0 radical (unpaired) electrons. The maximum absolute atomic E-state index is 10.6. The average molecular weight is 238 g/mol. The largest absolute Gasteiger partial charge is 0.389 e. The molecular formula is C13H22N2O2. The summed E-state index contributed by atoms with van der Waals surface area (Å²) >= 11 is 0. The molecule has 1 saturated heterocycles. The number of hydrogen-bond donors (Lipinski definition) is 1. The molecule has 96 valence electrons. The zero-order valence-corrected chi connectivity index (χ0v) is 10.9. The van der Waals surface area contributed by atoms with E-state index in [1.807, 2.05) is 30.9 Å². The Hall–Kier alpha value is -0.870. The molecule has 0 saturated carbocycles. The summed E-state index contributed by atoms with van der Waals surface area (Å²) in [4.78, 5) is 0. The molecule has 4 heteroatoms. The first kappa shape index (κ1) is 12.6. The van der Waals surface area contributed by atoms with Crippen molar-refractivity contribution >= 4 is 0 Å². The van der Waals surface area contributed by atoms with Gasteiger partial charge < -0.3 is 9.84 Å². The molecule has 0 aliphatic carbocycles. The first-order chi connectivity index (χ1) is 7.92. The van der Waals surface area contributed by atoms with Crippen LogP contribution in [0.5, 0.6) is 0 Å². The molecule has 0 bridgehead atoms. The first-order valence-corrected chi connectivity index (χ1v) is 6.30. The van der Waals surface area contributed by atoms with Crippen LogP contribution in [0.3, 0.4) is 0 Å². The van der Waals surface area contributed by atoms with Crippen LogP contribution in [-0.2, 0) is 17.7 Å². The molecular weight excluding hydrogens is 216 g/mol. The molecule has 1 atom stereocenters. The van der Waals surface area contributed by atoms with Crippen molar-refractivity contribution < 1.29 is 9.84 Å². The fraction of sp³-hybridized carbons (Fsp3) is 0.769. The third-order valence-corrected chi connectivity index (χ3v) is 3.36. The van der Waals surface area contributed by atoms with Crippen LogP contribution in [0.25, 0.3) is 0 Å². The summed E-state index contributed by atoms with van der Waals surface area (Å²) in [5, 5.41) is 14.9. The lowest BCUT2D eigenvalue weighted by Crippen LogP contribution is -2.47. The fourth-order valence-corrected chi connectivity index (χ4v) is 2.65. The molecule has 1 fully saturated rings. The van der Waals surface area contributed by atoms with Gasteiger partial charge in [-0.2, -0.15) is 5.10 Å². The van der Waals surface area contributed by atoms with Crippen LogP contribution in [0.15, 0.2) is 12.4 Å². The van der Waals surface area contributed by atoms with Gasteiger partial charge in [-0.1, -0.05) is 0 Å². The lowest BCUT2D eigenvalue weighted by atomic mass is 9.81. The van der Waals surface area contributed by atoms with E-state index in [0.29, 0.717) is 25.9 Å². The molecule has 0 amide bonds. The van der Waals surface area contributed by atoms with E-state index < -0.39 is 5.60 Å². The normalized spacial score (nSPS) is 28.2. The van der Waals surface area contributed by atoms with E-state index in [-0.39, 0.29) is 5.60 Å². The highest BCUT2D eigenvalue weighted by Crippen LogP contribution is 2.34. The zero-order valence-electron chi connectivity index (χ0n) is 10.9. The molecule has 1 aromatic rings. The summed E-state index contributed by atoms with van der Waals surface area (Å²) in [7, 11) is 0. The number of hydrogen-bond acceptors (Lipinski definition) is 3. The van der Waals surface area contributed by atoms with Crippen molar-refractivity contribution in [3.63, 3.8) is 0 Å². The zero-order chi connectivity index (χ0) is 12.5. The topological polar surface area (TPSA) is 47.3 Å². The smallest absolute Gasteiger partial charge is 0.0738 e. The van der Waals surface area contributed by atoms with Gasteiger partial charge in [-0.3, -0.25) is 4.68 Å². The summed E-state index contributed by atoms with van der Waals surface area (Å²) in [6.45, 7) is 7.63. The Morgan fingerprint density at radius 2 is 2.29 bits per heavy atom. The molecule has 1 aliphatic heterocycles. The molecule has 4 nitrogen and oxygen atoms in total. The third-order valence-electron chi connectivity index (χ3n) is 3.36. The lowest BCUT2D eigenvalue weighted by Gasteiger charge is -2.41. The summed E-state index contributed by atoms with van der Waals surface area (Å²) < 4.78 is 7.54. The SMILES string of the molecule is CCn1cc(CC2(O)CCOC(C)(C)C2)cn1. The van der Waals surface area contributed by atoms with E-state index in [4.69, 9.17) is 4.74 Å². The Kier molecular flexibility index (Phi) is 3.27. The minimum Gasteiger partial charge on any atom is -0.389 e. The van der Waals surface area contributed by atoms with Crippen molar-refractivity contribution in [3.05, 3.63) is 18.0 Å². The highest BCUT2D eigenvalue weighted by atomic mass is 16.5. The van der Waals surface area contributed by atoms with Crippen LogP contribution < -0.4 is 0 Å². The third kappa shape index (κ3) is 3.07. The standard InChI is InChI=1S/C13H22N2O2/c1-4-15-9-11(8-14-15)7-13(16)5-6-17-12(2,3)10-13/h8-9,16H,4-7,10H2,1-3H3. The maximum Gasteiger partial charge on any atom is 0.0738 e. The van der Waals surface area contributed by atoms with Gasteiger partial charge in [0.2, 0.25) is 0 Å². The van der Waals surface area contributed by atoms with E-state index in [2.05, 4.69) is 12.0 Å². The minimum atomic E-state index is -0.649. The van der Waals surface area contributed by atoms with E-state index in [9.17, 15) is 5.11 Å². The number of rotatable bonds is 3. The summed E-state index contributed by atoms with van der Waals surface area (Å²) in [5.41, 5.74) is 0.226. The van der Waals surface area contributed by atoms with Crippen LogP contribution in [0, 0.1) is 0 Å². The second-order valence-corrected chi connectivity index (χ2v) is 5.64. The van der Waals surface area contributed by atoms with Gasteiger partial charge in [-0.15, -0.1) is 0 Å². The van der Waals surface area contributed by atoms with Gasteiger partial charge in [0.15, 0.2) is 0 Å². The van der Waals surface area contributed by atoms with Crippen molar-refractivity contribution in [1.29, 1.82) is 0 Å². The molecule has 0 aromatic carbocycles. The number of nitrogens with zero attached hydrogens (tertiary/aromatic N) is 2. The van der Waals surface area contributed by atoms with E-state index in [1.165, 1.54) is 0 Å². The van der Waals surface area contributed by atoms with Crippen LogP contribution in [0.4, 0.5) is 0 Å². The number of aryl methyl sites for hydroxylation is 1. The van der Waals surface area contributed by atoms with Crippen LogP contribution in [-0.4, -0.2) is 32.7 Å². The van der Waals surface area contributed by atoms with E-state index in [0.717, 1.165) is 12.1 Å². The highest BCUT2D eigenvalue weighted by molar-refractivity contribution is 5.10. The average Bonchev–Trinajstić information content (AvgIpc) is 2.62. The second kappa shape index (κ2) is 4.42. The molecule has 2 heterocycles. The molecule has 0 spiro atoms. The lowest BCUT2D eigenvalue weighted by molar-refractivity contribution is -0.143. The van der Waals surface area contributed by atoms with E-state index >= 15 is 0 Å². The van der Waals surface area contributed by atoms with Crippen molar-refractivity contribution in [2.24, 2.45) is 0 Å². The Balaban J connectivity index is 2.06. The number of aromatic nitrogens is 2. The molecule has 17 heavy (non-hydrogen) atoms. The van der Waals surface area contributed by atoms with Crippen molar-refractivity contribution in [2.75, 3.05) is 6.61 Å². The van der Waals surface area contributed by atoms with Gasteiger partial charge in [0.25, 0.3) is 0 Å². The summed E-state index contributed by atoms with van der Waals surface area (Å²) in [6.07, 6.45) is 5.91. The Morgan fingerprint density at radius 1 is 1.53 bits per heavy atom.